The van der Waals surface area contributed by atoms with Gasteiger partial charge in [-0.1, -0.05) is 17.7 Å². The molecule has 1 aliphatic rings. The van der Waals surface area contributed by atoms with Gasteiger partial charge in [-0.2, -0.15) is 31.4 Å². The van der Waals surface area contributed by atoms with Crippen LogP contribution in [0.5, 0.6) is 0 Å². The van der Waals surface area contributed by atoms with Crippen molar-refractivity contribution in [2.24, 2.45) is 11.8 Å². The zero-order valence-corrected chi connectivity index (χ0v) is 25.9. The highest BCUT2D eigenvalue weighted by Crippen LogP contribution is 2.36. The van der Waals surface area contributed by atoms with Crippen LogP contribution in [0.3, 0.4) is 0 Å². The van der Waals surface area contributed by atoms with Gasteiger partial charge in [-0.05, 0) is 112 Å². The Morgan fingerprint density at radius 3 is 2.24 bits per heavy atom. The number of nitrogens with one attached hydrogen (secondary N) is 2. The summed E-state index contributed by atoms with van der Waals surface area (Å²) in [4.78, 5) is 11.0. The third-order valence-corrected chi connectivity index (χ3v) is 8.64. The van der Waals surface area contributed by atoms with E-state index >= 15 is 0 Å². The molecule has 1 fully saturated rings. The highest BCUT2D eigenvalue weighted by Gasteiger charge is 2.34. The highest BCUT2D eigenvalue weighted by atomic mass is 19.4. The Morgan fingerprint density at radius 1 is 0.956 bits per heavy atom. The van der Waals surface area contributed by atoms with E-state index in [9.17, 15) is 31.1 Å². The van der Waals surface area contributed by atoms with Crippen molar-refractivity contribution in [1.29, 1.82) is 0 Å². The Kier molecular flexibility index (Phi) is 10.6. The van der Waals surface area contributed by atoms with E-state index in [0.717, 1.165) is 43.4 Å². The number of carboxylic acids is 1. The van der Waals surface area contributed by atoms with Crippen LogP contribution < -0.4 is 10.6 Å². The van der Waals surface area contributed by atoms with Gasteiger partial charge in [-0.3, -0.25) is 9.48 Å². The van der Waals surface area contributed by atoms with E-state index < -0.39 is 29.4 Å². The minimum Gasteiger partial charge on any atom is -0.481 e. The van der Waals surface area contributed by atoms with E-state index in [-0.39, 0.29) is 37.0 Å². The molecule has 3 N–H and O–H groups in total. The Balaban J connectivity index is 1.48. The molecule has 1 heterocycles. The summed E-state index contributed by atoms with van der Waals surface area (Å²) >= 11 is 0. The number of aliphatic carboxylic acids is 1. The van der Waals surface area contributed by atoms with Crippen molar-refractivity contribution in [2.75, 3.05) is 11.9 Å². The summed E-state index contributed by atoms with van der Waals surface area (Å²) in [5, 5.41) is 20.1. The van der Waals surface area contributed by atoms with Gasteiger partial charge in [0.15, 0.2) is 0 Å². The summed E-state index contributed by atoms with van der Waals surface area (Å²) in [6, 6.07) is 8.04. The Bertz CT molecular complexity index is 1490. The molecule has 0 radical (unpaired) electrons. The molecule has 1 unspecified atom stereocenters. The molecule has 12 heteroatoms. The van der Waals surface area contributed by atoms with E-state index in [4.69, 9.17) is 5.11 Å². The average Bonchev–Trinajstić information content (AvgIpc) is 3.28. The minimum absolute atomic E-state index is 0.0597. The molecule has 3 aromatic rings. The number of hydrogen-bond donors (Lipinski definition) is 3. The van der Waals surface area contributed by atoms with Crippen LogP contribution in [0.1, 0.15) is 89.7 Å². The molecular weight excluding hydrogens is 598 g/mol. The fourth-order valence-electron chi connectivity index (χ4n) is 6.21. The van der Waals surface area contributed by atoms with Crippen LogP contribution in [0.4, 0.5) is 32.2 Å². The number of benzene rings is 2. The van der Waals surface area contributed by atoms with Crippen LogP contribution in [0.15, 0.2) is 36.4 Å². The molecule has 4 rings (SSSR count). The van der Waals surface area contributed by atoms with Crippen molar-refractivity contribution in [2.45, 2.75) is 91.3 Å². The Labute approximate surface area is 259 Å². The van der Waals surface area contributed by atoms with E-state index in [0.29, 0.717) is 40.7 Å². The summed E-state index contributed by atoms with van der Waals surface area (Å²) < 4.78 is 83.1. The first-order chi connectivity index (χ1) is 21.0. The quantitative estimate of drug-likeness (QED) is 0.184. The van der Waals surface area contributed by atoms with Crippen LogP contribution in [-0.2, 0) is 30.2 Å². The van der Waals surface area contributed by atoms with Gasteiger partial charge in [-0.15, -0.1) is 0 Å². The van der Waals surface area contributed by atoms with Crippen molar-refractivity contribution in [3.8, 4) is 0 Å². The Hall–Kier alpha value is -3.54. The lowest BCUT2D eigenvalue weighted by molar-refractivity contribution is -0.139. The number of halogens is 6. The van der Waals surface area contributed by atoms with Gasteiger partial charge in [0.25, 0.3) is 0 Å². The molecule has 0 spiro atoms. The highest BCUT2D eigenvalue weighted by molar-refractivity contribution is 5.67. The number of hydrogen-bond acceptors (Lipinski definition) is 4. The topological polar surface area (TPSA) is 79.2 Å². The Morgan fingerprint density at radius 2 is 1.62 bits per heavy atom. The maximum absolute atomic E-state index is 13.9. The first-order valence-corrected chi connectivity index (χ1v) is 15.1. The lowest BCUT2D eigenvalue weighted by atomic mass is 9.80. The van der Waals surface area contributed by atoms with Gasteiger partial charge in [0.1, 0.15) is 5.82 Å². The van der Waals surface area contributed by atoms with Crippen LogP contribution >= 0.6 is 0 Å². The molecule has 1 atom stereocenters. The number of alkyl halides is 6. The smallest absolute Gasteiger partial charge is 0.416 e. The molecule has 45 heavy (non-hydrogen) atoms. The van der Waals surface area contributed by atoms with E-state index in [1.807, 2.05) is 6.92 Å². The molecule has 0 bridgehead atoms. The summed E-state index contributed by atoms with van der Waals surface area (Å²) in [6.45, 7) is 7.55. The number of rotatable bonds is 11. The van der Waals surface area contributed by atoms with E-state index in [1.54, 1.807) is 36.7 Å². The largest absolute Gasteiger partial charge is 0.481 e. The van der Waals surface area contributed by atoms with Gasteiger partial charge in [0, 0.05) is 30.8 Å². The van der Waals surface area contributed by atoms with Crippen LogP contribution in [0.2, 0.25) is 0 Å². The number of carboxylic acid groups (broad SMARTS) is 1. The molecule has 0 saturated heterocycles. The maximum atomic E-state index is 13.9. The molecular formula is C33H40F6N4O2. The van der Waals surface area contributed by atoms with Crippen molar-refractivity contribution >= 4 is 11.8 Å². The van der Waals surface area contributed by atoms with Crippen LogP contribution in [0, 0.1) is 32.6 Å². The number of carbonyl (C=O) groups is 1. The molecule has 1 aliphatic carbocycles. The predicted octanol–water partition coefficient (Wildman–Crippen LogP) is 8.44. The first kappa shape index (κ1) is 34.3. The van der Waals surface area contributed by atoms with Crippen molar-refractivity contribution < 1.29 is 36.2 Å². The third-order valence-electron chi connectivity index (χ3n) is 8.64. The second kappa shape index (κ2) is 13.8. The molecule has 6 nitrogen and oxygen atoms in total. The molecule has 1 aromatic heterocycles. The monoisotopic (exact) mass is 638 g/mol. The summed E-state index contributed by atoms with van der Waals surface area (Å²) in [5.41, 5.74) is 1.45. The van der Waals surface area contributed by atoms with Crippen molar-refractivity contribution in [3.63, 3.8) is 0 Å². The normalized spacial score (nSPS) is 18.2. The van der Waals surface area contributed by atoms with Crippen molar-refractivity contribution in [3.05, 3.63) is 81.0 Å². The summed E-state index contributed by atoms with van der Waals surface area (Å²) in [5.74, 6) is 0.168. The van der Waals surface area contributed by atoms with Gasteiger partial charge < -0.3 is 15.7 Å². The van der Waals surface area contributed by atoms with E-state index in [2.05, 4.69) is 15.7 Å². The lowest BCUT2D eigenvalue weighted by Gasteiger charge is -2.29. The SMILES string of the molecule is Cc1cc(Cn2nc(NCc3cc(C(F)(F)F)c(C)cc3C(C)NCC3CCC(CC(=O)O)CC3)cc2C)cc(C(F)(F)F)c1. The van der Waals surface area contributed by atoms with E-state index in [1.165, 1.54) is 13.0 Å². The minimum atomic E-state index is -4.52. The molecule has 0 aliphatic heterocycles. The first-order valence-electron chi connectivity index (χ1n) is 15.1. The second-order valence-electron chi connectivity index (χ2n) is 12.4. The van der Waals surface area contributed by atoms with Crippen LogP contribution in [0.25, 0.3) is 0 Å². The van der Waals surface area contributed by atoms with Crippen LogP contribution in [-0.4, -0.2) is 27.4 Å². The molecule has 246 valence electrons. The standard InChI is InChI=1S/C33H40F6N4O2/c1-19-9-25(13-27(10-19)32(34,35)36)18-43-21(3)12-30(42-43)41-17-26-15-29(33(37,38)39)20(2)11-28(26)22(4)40-16-24-7-5-23(6-8-24)14-31(44)45/h9-13,15,22-24,40H,5-8,14,16-18H2,1-4H3,(H,41,42)(H,44,45). The fourth-order valence-corrected chi connectivity index (χ4v) is 6.21. The number of anilines is 1. The predicted molar refractivity (Wildman–Crippen MR) is 160 cm³/mol. The average molecular weight is 639 g/mol. The molecule has 0 amide bonds. The fraction of sp³-hybridized carbons (Fsp3) is 0.515. The van der Waals surface area contributed by atoms with Gasteiger partial charge in [0.05, 0.1) is 17.7 Å². The second-order valence-corrected chi connectivity index (χ2v) is 12.4. The number of aromatic nitrogens is 2. The number of aryl methyl sites for hydroxylation is 3. The van der Waals surface area contributed by atoms with Gasteiger partial charge in [0.2, 0.25) is 0 Å². The van der Waals surface area contributed by atoms with Gasteiger partial charge >= 0.3 is 18.3 Å². The number of nitrogens with zero attached hydrogens (tertiary/aromatic N) is 2. The van der Waals surface area contributed by atoms with Gasteiger partial charge in [-0.25, -0.2) is 0 Å². The molecule has 1 saturated carbocycles. The zero-order chi connectivity index (χ0) is 33.1. The summed E-state index contributed by atoms with van der Waals surface area (Å²) in [6.07, 6.45) is -5.31. The lowest BCUT2D eigenvalue weighted by Crippen LogP contribution is -2.29. The zero-order valence-electron chi connectivity index (χ0n) is 25.9. The van der Waals surface area contributed by atoms with Crippen molar-refractivity contribution in [1.82, 2.24) is 15.1 Å². The third kappa shape index (κ3) is 9.24. The molecule has 2 aromatic carbocycles. The maximum Gasteiger partial charge on any atom is 0.416 e. The summed E-state index contributed by atoms with van der Waals surface area (Å²) in [7, 11) is 0.